The van der Waals surface area contributed by atoms with Gasteiger partial charge in [0, 0.05) is 6.61 Å². The van der Waals surface area contributed by atoms with E-state index in [0.717, 1.165) is 12.8 Å². The van der Waals surface area contributed by atoms with Crippen molar-refractivity contribution < 1.29 is 24.1 Å². The zero-order valence-electron chi connectivity index (χ0n) is 20.0. The molecule has 5 nitrogen and oxygen atoms in total. The largest absolute Gasteiger partial charge is 0.508 e. The van der Waals surface area contributed by atoms with E-state index in [4.69, 9.17) is 14.2 Å². The van der Waals surface area contributed by atoms with Gasteiger partial charge in [0.15, 0.2) is 6.10 Å². The molecule has 0 spiro atoms. The summed E-state index contributed by atoms with van der Waals surface area (Å²) in [5.74, 6) is 0. The molecule has 0 saturated heterocycles. The molecule has 0 aliphatic heterocycles. The maximum atomic E-state index is 11.4. The first kappa shape index (κ1) is 29.2. The number of rotatable bonds is 23. The highest BCUT2D eigenvalue weighted by Crippen LogP contribution is 2.13. The molecule has 0 radical (unpaired) electrons. The number of aliphatic hydroxyl groups excluding tert-OH is 1. The van der Waals surface area contributed by atoms with Crippen LogP contribution in [0.15, 0.2) is 0 Å². The van der Waals surface area contributed by atoms with Gasteiger partial charge in [0.2, 0.25) is 0 Å². The Kier molecular flexibility index (Phi) is 23.8. The quantitative estimate of drug-likeness (QED) is 0.137. The fourth-order valence-corrected chi connectivity index (χ4v) is 3.45. The summed E-state index contributed by atoms with van der Waals surface area (Å²) in [5, 5.41) is 9.23. The van der Waals surface area contributed by atoms with Crippen molar-refractivity contribution in [2.45, 2.75) is 129 Å². The van der Waals surface area contributed by atoms with Crippen molar-refractivity contribution in [3.63, 3.8) is 0 Å². The maximum Gasteiger partial charge on any atom is 0.508 e. The molecule has 0 aliphatic rings. The Labute approximate surface area is 186 Å². The van der Waals surface area contributed by atoms with Gasteiger partial charge in [-0.1, -0.05) is 110 Å². The van der Waals surface area contributed by atoms with Crippen molar-refractivity contribution in [2.75, 3.05) is 26.4 Å². The molecule has 180 valence electrons. The summed E-state index contributed by atoms with van der Waals surface area (Å²) in [6.45, 7) is 5.13. The molecule has 0 fully saturated rings. The lowest BCUT2D eigenvalue weighted by molar-refractivity contribution is -0.0366. The molecular formula is C25H50O5. The average molecular weight is 431 g/mol. The van der Waals surface area contributed by atoms with Crippen LogP contribution in [0.4, 0.5) is 4.79 Å². The Balaban J connectivity index is 3.26. The molecule has 0 saturated carbocycles. The zero-order valence-corrected chi connectivity index (χ0v) is 20.0. The molecule has 1 unspecified atom stereocenters. The first-order valence-corrected chi connectivity index (χ1v) is 12.8. The van der Waals surface area contributed by atoms with E-state index in [2.05, 4.69) is 6.92 Å². The number of unbranched alkanes of at least 4 members (excludes halogenated alkanes) is 15. The van der Waals surface area contributed by atoms with Crippen LogP contribution in [0.1, 0.15) is 123 Å². The predicted molar refractivity (Wildman–Crippen MR) is 124 cm³/mol. The molecule has 0 aromatic rings. The SMILES string of the molecule is CCCCCCCCCCCCCCCCCCOCC(CO)OC(=O)OCCC. The van der Waals surface area contributed by atoms with E-state index in [1.165, 1.54) is 96.3 Å². The molecule has 0 heterocycles. The third kappa shape index (κ3) is 21.9. The highest BCUT2D eigenvalue weighted by Gasteiger charge is 2.14. The molecule has 0 amide bonds. The topological polar surface area (TPSA) is 65.0 Å². The molecule has 0 aromatic carbocycles. The summed E-state index contributed by atoms with van der Waals surface area (Å²) < 4.78 is 15.4. The lowest BCUT2D eigenvalue weighted by Gasteiger charge is -2.15. The minimum Gasteiger partial charge on any atom is -0.434 e. The fourth-order valence-electron chi connectivity index (χ4n) is 3.45. The number of ether oxygens (including phenoxy) is 3. The van der Waals surface area contributed by atoms with Gasteiger partial charge in [-0.2, -0.15) is 0 Å². The summed E-state index contributed by atoms with van der Waals surface area (Å²) in [6.07, 6.45) is 20.9. The van der Waals surface area contributed by atoms with E-state index in [0.29, 0.717) is 13.2 Å². The van der Waals surface area contributed by atoms with Crippen LogP contribution in [0, 0.1) is 0 Å². The number of carbonyl (C=O) groups excluding carboxylic acids is 1. The summed E-state index contributed by atoms with van der Waals surface area (Å²) >= 11 is 0. The monoisotopic (exact) mass is 430 g/mol. The minimum absolute atomic E-state index is 0.219. The van der Waals surface area contributed by atoms with Crippen LogP contribution in [0.2, 0.25) is 0 Å². The summed E-state index contributed by atoms with van der Waals surface area (Å²) in [7, 11) is 0. The van der Waals surface area contributed by atoms with Crippen LogP contribution >= 0.6 is 0 Å². The fraction of sp³-hybridized carbons (Fsp3) is 0.960. The summed E-state index contributed by atoms with van der Waals surface area (Å²) in [5.41, 5.74) is 0. The Hall–Kier alpha value is -0.810. The molecule has 1 atom stereocenters. The molecule has 0 aliphatic carbocycles. The molecule has 0 rings (SSSR count). The van der Waals surface area contributed by atoms with E-state index < -0.39 is 12.3 Å². The smallest absolute Gasteiger partial charge is 0.434 e. The van der Waals surface area contributed by atoms with Crippen molar-refractivity contribution in [2.24, 2.45) is 0 Å². The average Bonchev–Trinajstić information content (AvgIpc) is 2.76. The third-order valence-electron chi connectivity index (χ3n) is 5.34. The van der Waals surface area contributed by atoms with Crippen LogP contribution in [0.5, 0.6) is 0 Å². The van der Waals surface area contributed by atoms with Crippen LogP contribution < -0.4 is 0 Å². The van der Waals surface area contributed by atoms with Gasteiger partial charge in [0.25, 0.3) is 0 Å². The van der Waals surface area contributed by atoms with Crippen molar-refractivity contribution >= 4 is 6.16 Å². The Morgan fingerprint density at radius 3 is 1.57 bits per heavy atom. The number of hydrogen-bond acceptors (Lipinski definition) is 5. The van der Waals surface area contributed by atoms with Gasteiger partial charge in [-0.15, -0.1) is 0 Å². The highest BCUT2D eigenvalue weighted by molar-refractivity contribution is 5.60. The second-order valence-corrected chi connectivity index (χ2v) is 8.40. The number of carbonyl (C=O) groups is 1. The second-order valence-electron chi connectivity index (χ2n) is 8.40. The Morgan fingerprint density at radius 1 is 0.667 bits per heavy atom. The number of aliphatic hydroxyl groups is 1. The zero-order chi connectivity index (χ0) is 22.1. The minimum atomic E-state index is -0.734. The van der Waals surface area contributed by atoms with E-state index >= 15 is 0 Å². The molecule has 0 aromatic heterocycles. The molecular weight excluding hydrogens is 380 g/mol. The van der Waals surface area contributed by atoms with Crippen molar-refractivity contribution in [1.82, 2.24) is 0 Å². The summed E-state index contributed by atoms with van der Waals surface area (Å²) in [6, 6.07) is 0. The first-order valence-electron chi connectivity index (χ1n) is 12.8. The first-order chi connectivity index (χ1) is 14.7. The second kappa shape index (κ2) is 24.5. The highest BCUT2D eigenvalue weighted by atomic mass is 16.7. The Bertz CT molecular complexity index is 348. The normalized spacial score (nSPS) is 12.1. The third-order valence-corrected chi connectivity index (χ3v) is 5.34. The van der Waals surface area contributed by atoms with E-state index in [1.807, 2.05) is 6.92 Å². The van der Waals surface area contributed by atoms with Gasteiger partial charge >= 0.3 is 6.16 Å². The van der Waals surface area contributed by atoms with Crippen LogP contribution in [0.3, 0.4) is 0 Å². The lowest BCUT2D eigenvalue weighted by Crippen LogP contribution is -2.27. The molecule has 0 bridgehead atoms. The Morgan fingerprint density at radius 2 is 1.13 bits per heavy atom. The van der Waals surface area contributed by atoms with Gasteiger partial charge in [0.05, 0.1) is 19.8 Å². The predicted octanol–water partition coefficient (Wildman–Crippen LogP) is 7.19. The van der Waals surface area contributed by atoms with Crippen LogP contribution in [-0.4, -0.2) is 43.8 Å². The van der Waals surface area contributed by atoms with Gasteiger partial charge < -0.3 is 19.3 Å². The van der Waals surface area contributed by atoms with Crippen LogP contribution in [-0.2, 0) is 14.2 Å². The maximum absolute atomic E-state index is 11.4. The molecule has 5 heteroatoms. The van der Waals surface area contributed by atoms with Crippen molar-refractivity contribution in [1.29, 1.82) is 0 Å². The number of hydrogen-bond donors (Lipinski definition) is 1. The van der Waals surface area contributed by atoms with Gasteiger partial charge in [-0.25, -0.2) is 4.79 Å². The van der Waals surface area contributed by atoms with Crippen LogP contribution in [0.25, 0.3) is 0 Å². The van der Waals surface area contributed by atoms with E-state index in [9.17, 15) is 9.90 Å². The van der Waals surface area contributed by atoms with E-state index in [1.54, 1.807) is 0 Å². The molecule has 30 heavy (non-hydrogen) atoms. The van der Waals surface area contributed by atoms with Gasteiger partial charge in [-0.05, 0) is 12.8 Å². The molecule has 1 N–H and O–H groups in total. The summed E-state index contributed by atoms with van der Waals surface area (Å²) in [4.78, 5) is 11.4. The van der Waals surface area contributed by atoms with Crippen molar-refractivity contribution in [3.05, 3.63) is 0 Å². The van der Waals surface area contributed by atoms with Gasteiger partial charge in [0.1, 0.15) is 0 Å². The standard InChI is InChI=1S/C25H50O5/c1-3-5-6-7-8-9-10-11-12-13-14-15-16-17-18-19-21-28-23-24(22-26)30-25(27)29-20-4-2/h24,26H,3-23H2,1-2H3. The lowest BCUT2D eigenvalue weighted by atomic mass is 10.0. The van der Waals surface area contributed by atoms with Gasteiger partial charge in [-0.3, -0.25) is 0 Å². The van der Waals surface area contributed by atoms with Crippen molar-refractivity contribution in [3.8, 4) is 0 Å². The van der Waals surface area contributed by atoms with E-state index in [-0.39, 0.29) is 13.2 Å².